The molecule has 7 heteroatoms. The van der Waals surface area contributed by atoms with Crippen LogP contribution in [0.4, 0.5) is 0 Å². The van der Waals surface area contributed by atoms with Gasteiger partial charge in [0.1, 0.15) is 17.6 Å². The Hall–Kier alpha value is -4.26. The van der Waals surface area contributed by atoms with Crippen molar-refractivity contribution in [1.82, 2.24) is 0 Å². The van der Waals surface area contributed by atoms with Crippen molar-refractivity contribution < 1.29 is 24.8 Å². The summed E-state index contributed by atoms with van der Waals surface area (Å²) >= 11 is 0. The number of hydrogen-bond acceptors (Lipinski definition) is 7. The van der Waals surface area contributed by atoms with E-state index in [2.05, 4.69) is 0 Å². The number of phenolic OH excluding ortho intramolecular Hbond substituents is 3. The van der Waals surface area contributed by atoms with Crippen molar-refractivity contribution in [3.8, 4) is 17.2 Å². The summed E-state index contributed by atoms with van der Waals surface area (Å²) in [5.41, 5.74) is 1.44. The molecule has 0 saturated heterocycles. The van der Waals surface area contributed by atoms with Gasteiger partial charge in [0.2, 0.25) is 10.9 Å². The molecule has 0 aliphatic rings. The van der Waals surface area contributed by atoms with E-state index < -0.39 is 16.6 Å². The zero-order valence-corrected chi connectivity index (χ0v) is 21.5. The van der Waals surface area contributed by atoms with Crippen LogP contribution in [-0.4, -0.2) is 20.4 Å². The zero-order chi connectivity index (χ0) is 27.1. The van der Waals surface area contributed by atoms with E-state index in [0.717, 1.165) is 0 Å². The standard InChI is InChI=1S/C30H28O7/c1-11(2)19-15-7-13(5)21(27(34)23(15)17(9-31)25(32)28(19)35)22-14(6)8-16-20(12(3)4)29(36)26(33)18-10-37-30(22)24(16)18/h7-12,31-32,34-35H,1-6H3/b17-9-,22-21+. The molecule has 0 amide bonds. The fraction of sp³-hybridized carbons (Fsp3) is 0.267. The van der Waals surface area contributed by atoms with Crippen molar-refractivity contribution in [3.05, 3.63) is 76.8 Å². The van der Waals surface area contributed by atoms with Crippen molar-refractivity contribution in [2.45, 2.75) is 53.4 Å². The molecule has 5 aromatic rings. The minimum absolute atomic E-state index is 0.112. The van der Waals surface area contributed by atoms with Crippen LogP contribution in [0.5, 0.6) is 17.2 Å². The van der Waals surface area contributed by atoms with Crippen molar-refractivity contribution in [2.24, 2.45) is 0 Å². The largest absolute Gasteiger partial charge is 0.515 e. The van der Waals surface area contributed by atoms with Gasteiger partial charge in [0.05, 0.1) is 16.9 Å². The smallest absolute Gasteiger partial charge is 0.237 e. The van der Waals surface area contributed by atoms with Gasteiger partial charge in [0, 0.05) is 32.3 Å². The van der Waals surface area contributed by atoms with E-state index in [4.69, 9.17) is 4.42 Å². The van der Waals surface area contributed by atoms with E-state index in [1.807, 2.05) is 40.7 Å². The number of furan rings is 1. The number of aliphatic hydroxyl groups excluding tert-OH is 1. The highest BCUT2D eigenvalue weighted by Gasteiger charge is 2.24. The topological polar surface area (TPSA) is 128 Å². The molecule has 0 bridgehead atoms. The Balaban J connectivity index is 2.18. The van der Waals surface area contributed by atoms with Gasteiger partial charge in [-0.25, -0.2) is 0 Å². The maximum absolute atomic E-state index is 12.9. The first-order valence-electron chi connectivity index (χ1n) is 12.1. The molecule has 4 N–H and O–H groups in total. The van der Waals surface area contributed by atoms with Gasteiger partial charge in [-0.1, -0.05) is 39.8 Å². The van der Waals surface area contributed by atoms with E-state index in [1.165, 1.54) is 6.26 Å². The third-order valence-electron chi connectivity index (χ3n) is 7.35. The van der Waals surface area contributed by atoms with Crippen LogP contribution in [0.25, 0.3) is 38.8 Å². The van der Waals surface area contributed by atoms with Crippen LogP contribution in [0.3, 0.4) is 0 Å². The fourth-order valence-corrected chi connectivity index (χ4v) is 5.79. The quantitative estimate of drug-likeness (QED) is 0.194. The second-order valence-electron chi connectivity index (χ2n) is 10.3. The first-order valence-corrected chi connectivity index (χ1v) is 12.1. The number of hydrogen-bond donors (Lipinski definition) is 4. The van der Waals surface area contributed by atoms with Crippen molar-refractivity contribution in [3.63, 3.8) is 0 Å². The molecule has 5 rings (SSSR count). The second-order valence-corrected chi connectivity index (χ2v) is 10.3. The maximum Gasteiger partial charge on any atom is 0.237 e. The predicted octanol–water partition coefficient (Wildman–Crippen LogP) is 5.18. The monoisotopic (exact) mass is 500 g/mol. The Kier molecular flexibility index (Phi) is 5.37. The Morgan fingerprint density at radius 2 is 1.30 bits per heavy atom. The minimum atomic E-state index is -0.622. The Morgan fingerprint density at radius 3 is 1.86 bits per heavy atom. The average Bonchev–Trinajstić information content (AvgIpc) is 3.26. The van der Waals surface area contributed by atoms with E-state index >= 15 is 0 Å². The molecule has 37 heavy (non-hydrogen) atoms. The Bertz CT molecular complexity index is 2030. The van der Waals surface area contributed by atoms with Crippen LogP contribution in [0.1, 0.15) is 61.8 Å². The van der Waals surface area contributed by atoms with E-state index in [1.54, 1.807) is 13.0 Å². The van der Waals surface area contributed by atoms with Gasteiger partial charge in [0.25, 0.3) is 0 Å². The van der Waals surface area contributed by atoms with E-state index in [0.29, 0.717) is 60.7 Å². The lowest BCUT2D eigenvalue weighted by atomic mass is 9.89. The number of aliphatic hydroxyl groups is 1. The summed E-state index contributed by atoms with van der Waals surface area (Å²) in [6, 6.07) is 3.63. The average molecular weight is 501 g/mol. The summed E-state index contributed by atoms with van der Waals surface area (Å²) in [4.78, 5) is 25.8. The lowest BCUT2D eigenvalue weighted by Gasteiger charge is -2.17. The summed E-state index contributed by atoms with van der Waals surface area (Å²) < 4.78 is 5.91. The summed E-state index contributed by atoms with van der Waals surface area (Å²) in [7, 11) is 0. The van der Waals surface area contributed by atoms with Gasteiger partial charge in [-0.2, -0.15) is 0 Å². The summed E-state index contributed by atoms with van der Waals surface area (Å²) in [6.07, 6.45) is 1.94. The molecule has 0 aliphatic carbocycles. The highest BCUT2D eigenvalue weighted by Crippen LogP contribution is 2.42. The first-order chi connectivity index (χ1) is 17.4. The number of benzene rings is 4. The number of aromatic hydroxyl groups is 3. The van der Waals surface area contributed by atoms with Crippen molar-refractivity contribution in [1.29, 1.82) is 0 Å². The highest BCUT2D eigenvalue weighted by atomic mass is 16.3. The molecular weight excluding hydrogens is 472 g/mol. The molecule has 0 atom stereocenters. The molecule has 0 spiro atoms. The SMILES string of the molecule is Cc1cc2c(C(C)C)c(O)c(O)/c(=C\O)c2c(O)/c1=c1\c(C)cc2c(C(C)C)c(=O)c(=O)c3coc1c23. The second kappa shape index (κ2) is 8.13. The molecule has 1 heterocycles. The Labute approximate surface area is 211 Å². The number of fused-ring (bicyclic) bond motifs is 1. The lowest BCUT2D eigenvalue weighted by Crippen LogP contribution is -2.28. The number of phenols is 3. The summed E-state index contributed by atoms with van der Waals surface area (Å²) in [6.45, 7) is 11.1. The van der Waals surface area contributed by atoms with Gasteiger partial charge < -0.3 is 24.8 Å². The maximum atomic E-state index is 12.9. The highest BCUT2D eigenvalue weighted by molar-refractivity contribution is 6.10. The molecule has 0 unspecified atom stereocenters. The van der Waals surface area contributed by atoms with Gasteiger partial charge in [-0.15, -0.1) is 0 Å². The molecule has 0 aliphatic heterocycles. The van der Waals surface area contributed by atoms with E-state index in [9.17, 15) is 30.0 Å². The normalized spacial score (nSPS) is 13.8. The third-order valence-corrected chi connectivity index (χ3v) is 7.35. The van der Waals surface area contributed by atoms with Crippen LogP contribution < -0.4 is 16.1 Å². The van der Waals surface area contributed by atoms with E-state index in [-0.39, 0.29) is 39.3 Å². The van der Waals surface area contributed by atoms with Crippen LogP contribution in [0, 0.1) is 24.3 Å². The first kappa shape index (κ1) is 24.4. The fourth-order valence-electron chi connectivity index (χ4n) is 5.79. The van der Waals surface area contributed by atoms with Gasteiger partial charge >= 0.3 is 0 Å². The Morgan fingerprint density at radius 1 is 0.730 bits per heavy atom. The van der Waals surface area contributed by atoms with Gasteiger partial charge in [0.15, 0.2) is 11.5 Å². The molecule has 0 fully saturated rings. The molecule has 0 saturated carbocycles. The minimum Gasteiger partial charge on any atom is -0.515 e. The summed E-state index contributed by atoms with van der Waals surface area (Å²) in [5.74, 6) is -1.48. The molecule has 7 nitrogen and oxygen atoms in total. The molecule has 190 valence electrons. The van der Waals surface area contributed by atoms with Crippen LogP contribution in [-0.2, 0) is 0 Å². The van der Waals surface area contributed by atoms with Crippen LogP contribution in [0.15, 0.2) is 32.4 Å². The predicted molar refractivity (Wildman–Crippen MR) is 144 cm³/mol. The number of rotatable bonds is 2. The molecule has 4 aromatic carbocycles. The zero-order valence-electron chi connectivity index (χ0n) is 21.5. The van der Waals surface area contributed by atoms with Crippen LogP contribution in [0.2, 0.25) is 0 Å². The third kappa shape index (κ3) is 3.13. The molecule has 0 radical (unpaired) electrons. The van der Waals surface area contributed by atoms with Crippen LogP contribution >= 0.6 is 0 Å². The number of aryl methyl sites for hydroxylation is 2. The summed E-state index contributed by atoms with van der Waals surface area (Å²) in [5, 5.41) is 45.9. The van der Waals surface area contributed by atoms with Crippen molar-refractivity contribution in [2.75, 3.05) is 0 Å². The van der Waals surface area contributed by atoms with Gasteiger partial charge in [-0.3, -0.25) is 9.59 Å². The van der Waals surface area contributed by atoms with Crippen molar-refractivity contribution >= 4 is 38.8 Å². The molecule has 1 aromatic heterocycles. The van der Waals surface area contributed by atoms with Gasteiger partial charge in [-0.05, 0) is 47.6 Å². The molecular formula is C30H28O7. The lowest BCUT2D eigenvalue weighted by molar-refractivity contribution is 0.394.